The molecule has 0 aliphatic rings. The van der Waals surface area contributed by atoms with Crippen molar-refractivity contribution in [2.45, 2.75) is 6.54 Å². The first kappa shape index (κ1) is 12.5. The van der Waals surface area contributed by atoms with Crippen LogP contribution in [0, 0.1) is 3.57 Å². The molecule has 19 heavy (non-hydrogen) atoms. The number of rotatable bonds is 3. The van der Waals surface area contributed by atoms with Gasteiger partial charge in [-0.2, -0.15) is 0 Å². The molecule has 0 radical (unpaired) electrons. The van der Waals surface area contributed by atoms with Gasteiger partial charge in [-0.25, -0.2) is 0 Å². The van der Waals surface area contributed by atoms with Crippen molar-refractivity contribution in [3.8, 4) is 5.75 Å². The van der Waals surface area contributed by atoms with Gasteiger partial charge in [0, 0.05) is 21.7 Å². The molecule has 0 saturated carbocycles. The summed E-state index contributed by atoms with van der Waals surface area (Å²) >= 11 is 2.39. The first-order chi connectivity index (χ1) is 9.28. The lowest BCUT2D eigenvalue weighted by Crippen LogP contribution is -1.99. The Balaban J connectivity index is 2.01. The Morgan fingerprint density at radius 1 is 1.11 bits per heavy atom. The fraction of sp³-hybridized carbons (Fsp3) is 0.125. The largest absolute Gasteiger partial charge is 0.497 e. The Hall–Kier alpha value is -1.49. The average molecular weight is 363 g/mol. The predicted molar refractivity (Wildman–Crippen MR) is 86.8 cm³/mol. The Labute approximate surface area is 126 Å². The molecular weight excluding hydrogens is 349 g/mol. The fourth-order valence-corrected chi connectivity index (χ4v) is 3.14. The maximum Gasteiger partial charge on any atom is 0.119 e. The van der Waals surface area contributed by atoms with Crippen LogP contribution in [0.25, 0.3) is 10.9 Å². The third-order valence-corrected chi connectivity index (χ3v) is 4.10. The van der Waals surface area contributed by atoms with Gasteiger partial charge < -0.3 is 9.30 Å². The van der Waals surface area contributed by atoms with E-state index in [9.17, 15) is 0 Å². The van der Waals surface area contributed by atoms with Crippen molar-refractivity contribution >= 4 is 33.5 Å². The van der Waals surface area contributed by atoms with Gasteiger partial charge in [0.2, 0.25) is 0 Å². The van der Waals surface area contributed by atoms with Crippen LogP contribution in [0.15, 0.2) is 54.7 Å². The number of methoxy groups -OCH3 is 1. The third kappa shape index (κ3) is 2.47. The first-order valence-corrected chi connectivity index (χ1v) is 7.22. The molecule has 0 aliphatic heterocycles. The van der Waals surface area contributed by atoms with Crippen molar-refractivity contribution in [2.75, 3.05) is 7.11 Å². The van der Waals surface area contributed by atoms with Crippen LogP contribution in [0.4, 0.5) is 0 Å². The molecule has 0 fully saturated rings. The van der Waals surface area contributed by atoms with Crippen LogP contribution in [0.3, 0.4) is 0 Å². The van der Waals surface area contributed by atoms with Crippen LogP contribution < -0.4 is 4.74 Å². The Morgan fingerprint density at radius 2 is 1.95 bits per heavy atom. The molecule has 0 aliphatic carbocycles. The lowest BCUT2D eigenvalue weighted by atomic mass is 10.2. The highest BCUT2D eigenvalue weighted by atomic mass is 127. The van der Waals surface area contributed by atoms with Gasteiger partial charge in [-0.05, 0) is 52.4 Å². The fourth-order valence-electron chi connectivity index (χ4n) is 2.31. The number of halogens is 1. The van der Waals surface area contributed by atoms with Crippen molar-refractivity contribution in [2.24, 2.45) is 0 Å². The minimum Gasteiger partial charge on any atom is -0.497 e. The summed E-state index contributed by atoms with van der Waals surface area (Å²) in [6.07, 6.45) is 2.15. The lowest BCUT2D eigenvalue weighted by Gasteiger charge is -2.08. The molecule has 0 N–H and O–H groups in total. The Morgan fingerprint density at radius 3 is 2.79 bits per heavy atom. The minimum atomic E-state index is 0.862. The molecule has 2 aromatic carbocycles. The van der Waals surface area contributed by atoms with Crippen LogP contribution in [0.2, 0.25) is 0 Å². The molecule has 0 unspecified atom stereocenters. The molecule has 2 nitrogen and oxygen atoms in total. The second-order valence-electron chi connectivity index (χ2n) is 4.47. The number of hydrogen-bond acceptors (Lipinski definition) is 1. The third-order valence-electron chi connectivity index (χ3n) is 3.23. The van der Waals surface area contributed by atoms with E-state index in [4.69, 9.17) is 4.74 Å². The number of aromatic nitrogens is 1. The summed E-state index contributed by atoms with van der Waals surface area (Å²) in [7, 11) is 1.70. The van der Waals surface area contributed by atoms with Crippen molar-refractivity contribution in [3.05, 3.63) is 63.9 Å². The van der Waals surface area contributed by atoms with Gasteiger partial charge in [0.25, 0.3) is 0 Å². The Kier molecular flexibility index (Phi) is 3.46. The van der Waals surface area contributed by atoms with E-state index < -0.39 is 0 Å². The highest BCUT2D eigenvalue weighted by Gasteiger charge is 2.05. The number of hydrogen-bond donors (Lipinski definition) is 0. The summed E-state index contributed by atoms with van der Waals surface area (Å²) in [6.45, 7) is 0.862. The summed E-state index contributed by atoms with van der Waals surface area (Å²) in [5.74, 6) is 0.906. The van der Waals surface area contributed by atoms with E-state index in [1.165, 1.54) is 20.0 Å². The van der Waals surface area contributed by atoms with Gasteiger partial charge in [0.1, 0.15) is 5.75 Å². The zero-order chi connectivity index (χ0) is 13.2. The second kappa shape index (κ2) is 5.25. The Bertz CT molecular complexity index is 718. The van der Waals surface area contributed by atoms with Crippen molar-refractivity contribution in [3.63, 3.8) is 0 Å². The quantitative estimate of drug-likeness (QED) is 0.633. The van der Waals surface area contributed by atoms with Gasteiger partial charge in [0.15, 0.2) is 0 Å². The van der Waals surface area contributed by atoms with E-state index in [2.05, 4.69) is 69.8 Å². The number of ether oxygens (including phenoxy) is 1. The van der Waals surface area contributed by atoms with Crippen LogP contribution in [0.5, 0.6) is 5.75 Å². The van der Waals surface area contributed by atoms with Gasteiger partial charge in [-0.15, -0.1) is 0 Å². The summed E-state index contributed by atoms with van der Waals surface area (Å²) in [6, 6.07) is 16.8. The molecule has 3 rings (SSSR count). The maximum absolute atomic E-state index is 5.27. The molecule has 3 aromatic rings. The smallest absolute Gasteiger partial charge is 0.119 e. The zero-order valence-electron chi connectivity index (χ0n) is 10.6. The highest BCUT2D eigenvalue weighted by molar-refractivity contribution is 14.1. The highest BCUT2D eigenvalue weighted by Crippen LogP contribution is 2.23. The number of benzene rings is 2. The molecule has 1 heterocycles. The van der Waals surface area contributed by atoms with Crippen LogP contribution >= 0.6 is 22.6 Å². The molecule has 3 heteroatoms. The molecule has 0 amide bonds. The van der Waals surface area contributed by atoms with Gasteiger partial charge >= 0.3 is 0 Å². The topological polar surface area (TPSA) is 14.2 Å². The van der Waals surface area contributed by atoms with Crippen LogP contribution in [-0.4, -0.2) is 11.7 Å². The van der Waals surface area contributed by atoms with Crippen molar-refractivity contribution in [1.82, 2.24) is 4.57 Å². The maximum atomic E-state index is 5.27. The molecule has 0 saturated heterocycles. The normalized spacial score (nSPS) is 10.8. The second-order valence-corrected chi connectivity index (χ2v) is 5.64. The standard InChI is InChI=1S/C16H14INO/c1-19-14-6-2-4-12(10-14)11-18-9-8-13-5-3-7-15(17)16(13)18/h2-10H,11H2,1H3. The van der Waals surface area contributed by atoms with Crippen LogP contribution in [0.1, 0.15) is 5.56 Å². The van der Waals surface area contributed by atoms with Crippen molar-refractivity contribution < 1.29 is 4.74 Å². The minimum absolute atomic E-state index is 0.862. The van der Waals surface area contributed by atoms with Crippen LogP contribution in [-0.2, 0) is 6.54 Å². The number of fused-ring (bicyclic) bond motifs is 1. The van der Waals surface area contributed by atoms with Gasteiger partial charge in [0.05, 0.1) is 12.6 Å². The first-order valence-electron chi connectivity index (χ1n) is 6.14. The summed E-state index contributed by atoms with van der Waals surface area (Å²) in [4.78, 5) is 0. The molecule has 96 valence electrons. The number of nitrogens with zero attached hydrogens (tertiary/aromatic N) is 1. The number of para-hydroxylation sites is 1. The van der Waals surface area contributed by atoms with Gasteiger partial charge in [-0.3, -0.25) is 0 Å². The monoisotopic (exact) mass is 363 g/mol. The van der Waals surface area contributed by atoms with E-state index in [1.54, 1.807) is 7.11 Å². The molecule has 0 spiro atoms. The van der Waals surface area contributed by atoms with E-state index in [0.29, 0.717) is 0 Å². The summed E-state index contributed by atoms with van der Waals surface area (Å²) < 4.78 is 8.84. The van der Waals surface area contributed by atoms with E-state index >= 15 is 0 Å². The molecular formula is C16H14INO. The lowest BCUT2D eigenvalue weighted by molar-refractivity contribution is 0.414. The summed E-state index contributed by atoms with van der Waals surface area (Å²) in [5.41, 5.74) is 2.54. The van der Waals surface area contributed by atoms with Crippen molar-refractivity contribution in [1.29, 1.82) is 0 Å². The van der Waals surface area contributed by atoms with Gasteiger partial charge in [-0.1, -0.05) is 24.3 Å². The SMILES string of the molecule is COc1cccc(Cn2ccc3cccc(I)c32)c1. The average Bonchev–Trinajstić information content (AvgIpc) is 2.84. The molecule has 0 bridgehead atoms. The summed E-state index contributed by atoms with van der Waals surface area (Å²) in [5, 5.41) is 1.29. The molecule has 0 atom stereocenters. The molecule has 1 aromatic heterocycles. The zero-order valence-corrected chi connectivity index (χ0v) is 12.8. The van der Waals surface area contributed by atoms with E-state index in [1.807, 2.05) is 12.1 Å². The predicted octanol–water partition coefficient (Wildman–Crippen LogP) is 4.30. The van der Waals surface area contributed by atoms with E-state index in [-0.39, 0.29) is 0 Å². The van der Waals surface area contributed by atoms with E-state index in [0.717, 1.165) is 12.3 Å².